The van der Waals surface area contributed by atoms with Crippen LogP contribution in [0.15, 0.2) is 0 Å². The van der Waals surface area contributed by atoms with Crippen molar-refractivity contribution in [2.45, 2.75) is 191 Å². The van der Waals surface area contributed by atoms with Gasteiger partial charge in [-0.05, 0) is 6.92 Å². The third kappa shape index (κ3) is 10.8. The topological polar surface area (TPSA) is 486 Å². The standard InChI is InChI=1S/C36H62O30/c1-7-13(42)17(46)22(51)32(56-7)62-27-12(6-41)61-34(24(53)20(27)49)65-29-16(45)10(4-39)60-36(63-26-11(5-40)57-31(55)21(50)19(26)48)30(29)66-35-25(54)28(15(44)9(3-38)59-35)64-33-23(52)18(47)14(43)8(2-37)58-33/h7-55H,2-6H2,1H3/t7-,8+,9+,10+,11+,12+,13-,14+,15+,16+,17+,18-,19+,20+,21+,22+,23+,24+,25+,26-,27+,28-,29-,30+,31?,32-,33-,34-,35-,36-/m0/s1. The monoisotopic (exact) mass is 974 g/mol. The van der Waals surface area contributed by atoms with Gasteiger partial charge in [0.25, 0.3) is 0 Å². The van der Waals surface area contributed by atoms with Crippen LogP contribution in [-0.4, -0.2) is 314 Å². The van der Waals surface area contributed by atoms with Crippen LogP contribution in [0.25, 0.3) is 0 Å². The minimum Gasteiger partial charge on any atom is -0.394 e. The van der Waals surface area contributed by atoms with E-state index in [1.807, 2.05) is 0 Å². The minimum absolute atomic E-state index is 0.903. The molecule has 66 heavy (non-hydrogen) atoms. The van der Waals surface area contributed by atoms with Crippen LogP contribution in [0.2, 0.25) is 0 Å². The average Bonchev–Trinajstić information content (AvgIpc) is 3.30. The molecule has 0 radical (unpaired) electrons. The van der Waals surface area contributed by atoms with Gasteiger partial charge in [0.05, 0.1) is 39.1 Å². The molecule has 6 aliphatic rings. The molecule has 30 atom stereocenters. The molecule has 6 aliphatic heterocycles. The molecule has 0 aliphatic carbocycles. The maximum Gasteiger partial charge on any atom is 0.187 e. The molecule has 30 nitrogen and oxygen atoms in total. The van der Waals surface area contributed by atoms with Crippen LogP contribution in [0, 0.1) is 0 Å². The van der Waals surface area contributed by atoms with Gasteiger partial charge in [0.1, 0.15) is 140 Å². The Morgan fingerprint density at radius 1 is 0.273 bits per heavy atom. The van der Waals surface area contributed by atoms with E-state index in [1.165, 1.54) is 6.92 Å². The summed E-state index contributed by atoms with van der Waals surface area (Å²) in [4.78, 5) is 0. The molecule has 19 N–H and O–H groups in total. The molecule has 0 saturated carbocycles. The lowest BCUT2D eigenvalue weighted by molar-refractivity contribution is -0.413. The second-order valence-corrected chi connectivity index (χ2v) is 16.7. The van der Waals surface area contributed by atoms with E-state index in [4.69, 9.17) is 52.1 Å². The van der Waals surface area contributed by atoms with Crippen LogP contribution in [0.5, 0.6) is 0 Å². The van der Waals surface area contributed by atoms with E-state index >= 15 is 0 Å². The predicted molar refractivity (Wildman–Crippen MR) is 198 cm³/mol. The van der Waals surface area contributed by atoms with Crippen LogP contribution >= 0.6 is 0 Å². The second-order valence-electron chi connectivity index (χ2n) is 16.7. The van der Waals surface area contributed by atoms with E-state index in [0.29, 0.717) is 0 Å². The van der Waals surface area contributed by atoms with Gasteiger partial charge in [0, 0.05) is 0 Å². The van der Waals surface area contributed by atoms with E-state index in [0.717, 1.165) is 0 Å². The van der Waals surface area contributed by atoms with Crippen LogP contribution in [0.4, 0.5) is 0 Å². The van der Waals surface area contributed by atoms with Crippen LogP contribution < -0.4 is 0 Å². The molecule has 30 heteroatoms. The van der Waals surface area contributed by atoms with Gasteiger partial charge < -0.3 is 149 Å². The van der Waals surface area contributed by atoms with E-state index in [9.17, 15) is 97.0 Å². The molecule has 0 amide bonds. The third-order valence-corrected chi connectivity index (χ3v) is 12.4. The SMILES string of the molecule is C[C@@H]1O[C@@H](O[C@H]2[C@H](O)[C@@H](O)[C@H](O[C@H]3[C@H](O)[C@@H](CO)O[C@@H](O[C@@H]4[C@H](O)[C@@H](O)C(O)O[C@@H]4CO)[C@@H]3O[C@@H]3O[C@H](CO)[C@@H](O)[C@H](O[C@@H]4O[C@H](CO)[C@@H](O)[C@H](O)[C@H]4O)[C@H]3O)O[C@@H]2CO)[C@H](O)[C@H](O)[C@H]1O. The first-order valence-electron chi connectivity index (χ1n) is 21.0. The van der Waals surface area contributed by atoms with Crippen molar-refractivity contribution < 1.29 is 149 Å². The summed E-state index contributed by atoms with van der Waals surface area (Å²) in [5.74, 6) is 0. The van der Waals surface area contributed by atoms with Gasteiger partial charge in [-0.25, -0.2) is 0 Å². The summed E-state index contributed by atoms with van der Waals surface area (Å²) in [7, 11) is 0. The number of hydrogen-bond acceptors (Lipinski definition) is 30. The fourth-order valence-electron chi connectivity index (χ4n) is 8.43. The van der Waals surface area contributed by atoms with Gasteiger partial charge in [0.15, 0.2) is 37.7 Å². The Hall–Kier alpha value is -1.20. The fourth-order valence-corrected chi connectivity index (χ4v) is 8.43. The molecule has 0 bridgehead atoms. The third-order valence-electron chi connectivity index (χ3n) is 12.4. The average molecular weight is 975 g/mol. The fraction of sp³-hybridized carbons (Fsp3) is 1.00. The van der Waals surface area contributed by atoms with Crippen molar-refractivity contribution in [1.29, 1.82) is 0 Å². The van der Waals surface area contributed by atoms with E-state index in [-0.39, 0.29) is 0 Å². The highest BCUT2D eigenvalue weighted by Crippen LogP contribution is 2.38. The largest absolute Gasteiger partial charge is 0.394 e. The number of ether oxygens (including phenoxy) is 11. The van der Waals surface area contributed by atoms with Crippen LogP contribution in [0.3, 0.4) is 0 Å². The van der Waals surface area contributed by atoms with E-state index < -0.39 is 217 Å². The highest BCUT2D eigenvalue weighted by molar-refractivity contribution is 5.00. The zero-order chi connectivity index (χ0) is 48.6. The van der Waals surface area contributed by atoms with Gasteiger partial charge in [0.2, 0.25) is 0 Å². The second kappa shape index (κ2) is 22.9. The summed E-state index contributed by atoms with van der Waals surface area (Å²) in [5, 5.41) is 201. The predicted octanol–water partition coefficient (Wildman–Crippen LogP) is -13.1. The van der Waals surface area contributed by atoms with Crippen molar-refractivity contribution >= 4 is 0 Å². The molecule has 0 aromatic heterocycles. The van der Waals surface area contributed by atoms with Gasteiger partial charge in [-0.1, -0.05) is 0 Å². The summed E-state index contributed by atoms with van der Waals surface area (Å²) in [6.45, 7) is -3.68. The number of hydrogen-bond donors (Lipinski definition) is 19. The molecule has 6 rings (SSSR count). The van der Waals surface area contributed by atoms with Crippen molar-refractivity contribution in [3.63, 3.8) is 0 Å². The van der Waals surface area contributed by atoms with Crippen LogP contribution in [-0.2, 0) is 52.1 Å². The first-order chi connectivity index (χ1) is 31.2. The zero-order valence-electron chi connectivity index (χ0n) is 34.8. The van der Waals surface area contributed by atoms with Crippen molar-refractivity contribution in [1.82, 2.24) is 0 Å². The Morgan fingerprint density at radius 2 is 0.621 bits per heavy atom. The maximum atomic E-state index is 11.6. The van der Waals surface area contributed by atoms with Crippen LogP contribution in [0.1, 0.15) is 6.92 Å². The molecule has 0 spiro atoms. The Balaban J connectivity index is 1.32. The number of aliphatic hydroxyl groups is 19. The molecule has 6 saturated heterocycles. The molecule has 1 unspecified atom stereocenters. The number of rotatable bonds is 15. The quantitative estimate of drug-likeness (QED) is 0.0724. The van der Waals surface area contributed by atoms with Crippen molar-refractivity contribution in [3.05, 3.63) is 0 Å². The maximum absolute atomic E-state index is 11.6. The Bertz CT molecular complexity index is 1490. The lowest BCUT2D eigenvalue weighted by Gasteiger charge is -2.51. The van der Waals surface area contributed by atoms with E-state index in [1.54, 1.807) is 0 Å². The van der Waals surface area contributed by atoms with E-state index in [2.05, 4.69) is 0 Å². The molecular weight excluding hydrogens is 912 g/mol. The summed E-state index contributed by atoms with van der Waals surface area (Å²) >= 11 is 0. The molecule has 386 valence electrons. The minimum atomic E-state index is -2.27. The van der Waals surface area contributed by atoms with Gasteiger partial charge in [-0.3, -0.25) is 0 Å². The van der Waals surface area contributed by atoms with Gasteiger partial charge in [-0.15, -0.1) is 0 Å². The summed E-state index contributed by atoms with van der Waals surface area (Å²) in [6, 6.07) is 0. The van der Waals surface area contributed by atoms with Gasteiger partial charge in [-0.2, -0.15) is 0 Å². The zero-order valence-corrected chi connectivity index (χ0v) is 34.8. The van der Waals surface area contributed by atoms with Gasteiger partial charge >= 0.3 is 0 Å². The first kappa shape index (κ1) is 54.1. The molecular formula is C36H62O30. The summed E-state index contributed by atoms with van der Waals surface area (Å²) in [6.07, 6.45) is -57.9. The Labute approximate surface area is 373 Å². The summed E-state index contributed by atoms with van der Waals surface area (Å²) in [5.41, 5.74) is 0. The molecule has 0 aromatic carbocycles. The number of aliphatic hydroxyl groups excluding tert-OH is 19. The lowest BCUT2D eigenvalue weighted by atomic mass is 9.95. The smallest absolute Gasteiger partial charge is 0.187 e. The molecule has 0 aromatic rings. The normalized spacial score (nSPS) is 54.0. The molecule has 6 fully saturated rings. The molecule has 6 heterocycles. The Morgan fingerprint density at radius 3 is 1.17 bits per heavy atom. The summed E-state index contributed by atoms with van der Waals surface area (Å²) < 4.78 is 62.3. The Kier molecular flexibility index (Phi) is 18.8. The highest BCUT2D eigenvalue weighted by atomic mass is 16.8. The lowest BCUT2D eigenvalue weighted by Crippen LogP contribution is -2.69. The first-order valence-corrected chi connectivity index (χ1v) is 21.0. The van der Waals surface area contributed by atoms with Crippen molar-refractivity contribution in [3.8, 4) is 0 Å². The highest BCUT2D eigenvalue weighted by Gasteiger charge is 2.58. The van der Waals surface area contributed by atoms with Crippen molar-refractivity contribution in [2.75, 3.05) is 33.0 Å². The van der Waals surface area contributed by atoms with Crippen molar-refractivity contribution in [2.24, 2.45) is 0 Å².